The fourth-order valence-electron chi connectivity index (χ4n) is 8.22. The summed E-state index contributed by atoms with van der Waals surface area (Å²) in [6.45, 7) is 6.35. The minimum absolute atomic E-state index is 0.0442. The van der Waals surface area contributed by atoms with E-state index in [4.69, 9.17) is 4.74 Å². The van der Waals surface area contributed by atoms with Gasteiger partial charge in [-0.15, -0.1) is 0 Å². The first-order valence-corrected chi connectivity index (χ1v) is 27.5. The highest BCUT2D eigenvalue weighted by molar-refractivity contribution is 5.78. The van der Waals surface area contributed by atoms with Gasteiger partial charge in [-0.1, -0.05) is 268 Å². The van der Waals surface area contributed by atoms with Gasteiger partial charge in [-0.05, 0) is 51.0 Å². The second-order valence-electron chi connectivity index (χ2n) is 18.6. The number of amides is 1. The molecule has 0 saturated carbocycles. The number of unbranched alkanes of at least 4 members (excludes halogenated alkanes) is 29. The number of aliphatic hydroxyl groups is 2. The van der Waals surface area contributed by atoms with E-state index >= 15 is 0 Å². The molecular formula is C58H105NO5. The SMILES string of the molecule is CC/C=C/C/C=C/C/C=C/C/C=C/C/C=C/C(CC(=O)NC(CO)C(O)CCCCCCCCCCCCCC)OC(=O)CCCCCCCCCCCCCCCCCCCCC. The molecule has 6 heteroatoms. The maximum absolute atomic E-state index is 13.2. The normalized spacial score (nSPS) is 13.6. The zero-order valence-corrected chi connectivity index (χ0v) is 42.4. The lowest BCUT2D eigenvalue weighted by molar-refractivity contribution is -0.148. The van der Waals surface area contributed by atoms with Gasteiger partial charge in [-0.3, -0.25) is 9.59 Å². The van der Waals surface area contributed by atoms with Crippen LogP contribution in [0.4, 0.5) is 0 Å². The second kappa shape index (κ2) is 51.5. The van der Waals surface area contributed by atoms with E-state index in [1.165, 1.54) is 161 Å². The van der Waals surface area contributed by atoms with E-state index in [0.717, 1.165) is 64.2 Å². The highest BCUT2D eigenvalue weighted by Gasteiger charge is 2.23. The van der Waals surface area contributed by atoms with Crippen molar-refractivity contribution in [1.82, 2.24) is 5.32 Å². The maximum atomic E-state index is 13.2. The quantitative estimate of drug-likeness (QED) is 0.0321. The molecule has 372 valence electrons. The van der Waals surface area contributed by atoms with Gasteiger partial charge in [-0.25, -0.2) is 0 Å². The molecule has 0 spiro atoms. The Bertz CT molecular complexity index is 1140. The third kappa shape index (κ3) is 46.1. The van der Waals surface area contributed by atoms with Crippen molar-refractivity contribution in [1.29, 1.82) is 0 Å². The smallest absolute Gasteiger partial charge is 0.306 e. The molecule has 0 rings (SSSR count). The molecule has 0 aromatic heterocycles. The van der Waals surface area contributed by atoms with E-state index in [1.54, 1.807) is 0 Å². The predicted octanol–water partition coefficient (Wildman–Crippen LogP) is 16.8. The Hall–Kier alpha value is -2.44. The van der Waals surface area contributed by atoms with Crippen LogP contribution in [0.3, 0.4) is 0 Å². The van der Waals surface area contributed by atoms with Crippen molar-refractivity contribution >= 4 is 11.9 Å². The molecule has 0 saturated heterocycles. The first-order valence-electron chi connectivity index (χ1n) is 27.5. The van der Waals surface area contributed by atoms with Gasteiger partial charge in [0.15, 0.2) is 0 Å². The average molecular weight is 896 g/mol. The molecule has 3 N–H and O–H groups in total. The van der Waals surface area contributed by atoms with Crippen molar-refractivity contribution in [2.45, 2.75) is 289 Å². The Balaban J connectivity index is 4.62. The molecule has 64 heavy (non-hydrogen) atoms. The molecule has 3 unspecified atom stereocenters. The van der Waals surface area contributed by atoms with Crippen molar-refractivity contribution in [3.63, 3.8) is 0 Å². The first-order chi connectivity index (χ1) is 31.5. The second-order valence-corrected chi connectivity index (χ2v) is 18.6. The molecule has 0 aliphatic carbocycles. The van der Waals surface area contributed by atoms with Gasteiger partial charge in [-0.2, -0.15) is 0 Å². The summed E-state index contributed by atoms with van der Waals surface area (Å²) in [6.07, 6.45) is 64.7. The average Bonchev–Trinajstić information content (AvgIpc) is 3.29. The van der Waals surface area contributed by atoms with Crippen molar-refractivity contribution in [2.75, 3.05) is 6.61 Å². The summed E-state index contributed by atoms with van der Waals surface area (Å²) in [7, 11) is 0. The lowest BCUT2D eigenvalue weighted by Gasteiger charge is -2.23. The standard InChI is InChI=1S/C58H105NO5/c1-4-7-10-13-16-19-22-25-27-28-29-30-31-33-36-39-42-45-48-51-58(63)64-54(49-46-43-40-37-34-32-26-23-20-17-14-11-8-5-2)52-57(62)59-55(53-60)56(61)50-47-44-41-38-35-24-21-18-15-12-9-6-3/h8,11,17,20,26,32,37,40,46,49,54-56,60-61H,4-7,9-10,12-16,18-19,21-25,27-31,33-36,38-39,41-45,47-48,50-53H2,1-3H3,(H,59,62)/b11-8+,20-17+,32-26+,40-37+,49-46+. The van der Waals surface area contributed by atoms with Gasteiger partial charge < -0.3 is 20.3 Å². The van der Waals surface area contributed by atoms with E-state index in [1.807, 2.05) is 12.2 Å². The van der Waals surface area contributed by atoms with Crippen molar-refractivity contribution in [3.8, 4) is 0 Å². The molecule has 1 amide bonds. The zero-order valence-electron chi connectivity index (χ0n) is 42.4. The van der Waals surface area contributed by atoms with Crippen LogP contribution < -0.4 is 5.32 Å². The largest absolute Gasteiger partial charge is 0.458 e. The van der Waals surface area contributed by atoms with Crippen LogP contribution in [0, 0.1) is 0 Å². The van der Waals surface area contributed by atoms with E-state index in [-0.39, 0.29) is 24.9 Å². The fraction of sp³-hybridized carbons (Fsp3) is 0.793. The van der Waals surface area contributed by atoms with Gasteiger partial charge in [0.05, 0.1) is 25.2 Å². The topological polar surface area (TPSA) is 95.9 Å². The highest BCUT2D eigenvalue weighted by Crippen LogP contribution is 2.17. The van der Waals surface area contributed by atoms with Crippen LogP contribution in [0.15, 0.2) is 60.8 Å². The van der Waals surface area contributed by atoms with Crippen molar-refractivity contribution in [3.05, 3.63) is 60.8 Å². The van der Waals surface area contributed by atoms with Crippen LogP contribution in [0.5, 0.6) is 0 Å². The number of carbonyl (C=O) groups excluding carboxylic acids is 2. The molecule has 0 bridgehead atoms. The third-order valence-electron chi connectivity index (χ3n) is 12.4. The van der Waals surface area contributed by atoms with Crippen LogP contribution in [-0.4, -0.2) is 46.9 Å². The van der Waals surface area contributed by atoms with Crippen LogP contribution in [-0.2, 0) is 14.3 Å². The predicted molar refractivity (Wildman–Crippen MR) is 278 cm³/mol. The molecule has 0 heterocycles. The molecular weight excluding hydrogens is 791 g/mol. The van der Waals surface area contributed by atoms with Crippen LogP contribution in [0.1, 0.15) is 271 Å². The Morgan fingerprint density at radius 1 is 0.469 bits per heavy atom. The summed E-state index contributed by atoms with van der Waals surface area (Å²) in [6, 6.07) is -0.741. The van der Waals surface area contributed by atoms with E-state index < -0.39 is 18.2 Å². The molecule has 0 radical (unpaired) electrons. The summed E-state index contributed by atoms with van der Waals surface area (Å²) < 4.78 is 5.84. The van der Waals surface area contributed by atoms with Gasteiger partial charge in [0.1, 0.15) is 6.10 Å². The summed E-state index contributed by atoms with van der Waals surface area (Å²) in [4.78, 5) is 26.1. The lowest BCUT2D eigenvalue weighted by Crippen LogP contribution is -2.46. The summed E-state index contributed by atoms with van der Waals surface area (Å²) >= 11 is 0. The summed E-state index contributed by atoms with van der Waals surface area (Å²) in [5.41, 5.74) is 0. The molecule has 0 aliphatic rings. The van der Waals surface area contributed by atoms with E-state index in [0.29, 0.717) is 19.3 Å². The molecule has 3 atom stereocenters. The summed E-state index contributed by atoms with van der Waals surface area (Å²) in [5, 5.41) is 23.7. The van der Waals surface area contributed by atoms with Crippen LogP contribution in [0.25, 0.3) is 0 Å². The number of hydrogen-bond acceptors (Lipinski definition) is 5. The fourth-order valence-corrected chi connectivity index (χ4v) is 8.22. The summed E-state index contributed by atoms with van der Waals surface area (Å²) in [5.74, 6) is -0.619. The first kappa shape index (κ1) is 61.6. The number of allylic oxidation sites excluding steroid dienone is 9. The molecule has 6 nitrogen and oxygen atoms in total. The van der Waals surface area contributed by atoms with Gasteiger partial charge in [0.2, 0.25) is 5.91 Å². The Kier molecular flexibility index (Phi) is 49.6. The molecule has 0 aromatic carbocycles. The third-order valence-corrected chi connectivity index (χ3v) is 12.4. The van der Waals surface area contributed by atoms with Crippen LogP contribution in [0.2, 0.25) is 0 Å². The van der Waals surface area contributed by atoms with E-state index in [9.17, 15) is 19.8 Å². The monoisotopic (exact) mass is 896 g/mol. The Labute approximate surface area is 397 Å². The minimum atomic E-state index is -0.818. The lowest BCUT2D eigenvalue weighted by atomic mass is 10.0. The number of aliphatic hydroxyl groups excluding tert-OH is 2. The molecule has 0 aromatic rings. The van der Waals surface area contributed by atoms with Crippen molar-refractivity contribution < 1.29 is 24.5 Å². The van der Waals surface area contributed by atoms with Gasteiger partial charge >= 0.3 is 5.97 Å². The number of nitrogens with one attached hydrogen (secondary N) is 1. The number of ether oxygens (including phenoxy) is 1. The Morgan fingerprint density at radius 3 is 1.19 bits per heavy atom. The van der Waals surface area contributed by atoms with Crippen molar-refractivity contribution in [2.24, 2.45) is 0 Å². The molecule has 0 fully saturated rings. The molecule has 0 aliphatic heterocycles. The number of esters is 1. The number of carbonyl (C=O) groups is 2. The zero-order chi connectivity index (χ0) is 46.7. The van der Waals surface area contributed by atoms with Crippen LogP contribution >= 0.6 is 0 Å². The maximum Gasteiger partial charge on any atom is 0.306 e. The highest BCUT2D eigenvalue weighted by atomic mass is 16.5. The Morgan fingerprint density at radius 2 is 0.812 bits per heavy atom. The number of hydrogen-bond donors (Lipinski definition) is 3. The minimum Gasteiger partial charge on any atom is -0.458 e. The van der Waals surface area contributed by atoms with Gasteiger partial charge in [0.25, 0.3) is 0 Å². The van der Waals surface area contributed by atoms with Gasteiger partial charge in [0, 0.05) is 6.42 Å². The number of rotatable bonds is 49. The van der Waals surface area contributed by atoms with E-state index in [2.05, 4.69) is 74.7 Å².